The van der Waals surface area contributed by atoms with Crippen molar-refractivity contribution in [3.8, 4) is 0 Å². The second kappa shape index (κ2) is 5.99. The fourth-order valence-electron chi connectivity index (χ4n) is 5.01. The lowest BCUT2D eigenvalue weighted by Crippen LogP contribution is -2.31. The summed E-state index contributed by atoms with van der Waals surface area (Å²) >= 11 is 0. The van der Waals surface area contributed by atoms with Gasteiger partial charge in [0.2, 0.25) is 0 Å². The second-order valence-electron chi connectivity index (χ2n) is 7.68. The molecule has 0 radical (unpaired) electrons. The van der Waals surface area contributed by atoms with Crippen LogP contribution in [0.3, 0.4) is 0 Å². The average molecular weight is 349 g/mol. The Morgan fingerprint density at radius 3 is 2.07 bits per heavy atom. The van der Waals surface area contributed by atoms with Crippen molar-refractivity contribution in [2.75, 3.05) is 5.73 Å². The van der Waals surface area contributed by atoms with E-state index in [9.17, 15) is 0 Å². The summed E-state index contributed by atoms with van der Waals surface area (Å²) in [4.78, 5) is 0. The first-order valence-corrected chi connectivity index (χ1v) is 9.65. The fraction of sp³-hybridized carbons (Fsp3) is 0.154. The standard InChI is InChI=1S/C26H23N/c1-18-15-16-21-22-13-8-14-24(27)25(22)26(23(21)17-18,19-9-4-2-5-10-19)20-11-6-3-7-12-20/h2-16,18H,17,27H2,1H3. The first-order chi connectivity index (χ1) is 13.2. The lowest BCUT2D eigenvalue weighted by atomic mass is 9.64. The summed E-state index contributed by atoms with van der Waals surface area (Å²) in [6.45, 7) is 2.30. The van der Waals surface area contributed by atoms with E-state index in [1.165, 1.54) is 33.4 Å². The van der Waals surface area contributed by atoms with Crippen molar-refractivity contribution in [3.05, 3.63) is 119 Å². The van der Waals surface area contributed by atoms with Crippen LogP contribution < -0.4 is 5.73 Å². The molecule has 3 aromatic rings. The van der Waals surface area contributed by atoms with Crippen molar-refractivity contribution < 1.29 is 0 Å². The van der Waals surface area contributed by atoms with Crippen LogP contribution in [0.4, 0.5) is 5.69 Å². The Morgan fingerprint density at radius 1 is 0.815 bits per heavy atom. The van der Waals surface area contributed by atoms with Crippen LogP contribution in [0.1, 0.15) is 35.6 Å². The molecule has 0 aromatic heterocycles. The third-order valence-electron chi connectivity index (χ3n) is 6.07. The minimum absolute atomic E-state index is 0.322. The summed E-state index contributed by atoms with van der Waals surface area (Å²) in [5.74, 6) is 0.520. The molecule has 27 heavy (non-hydrogen) atoms. The lowest BCUT2D eigenvalue weighted by molar-refractivity contribution is 0.623. The van der Waals surface area contributed by atoms with Gasteiger partial charge in [-0.3, -0.25) is 0 Å². The zero-order chi connectivity index (χ0) is 18.4. The highest BCUT2D eigenvalue weighted by Crippen LogP contribution is 2.59. The van der Waals surface area contributed by atoms with Crippen LogP contribution in [0, 0.1) is 5.92 Å². The molecule has 132 valence electrons. The van der Waals surface area contributed by atoms with Crippen LogP contribution in [-0.4, -0.2) is 0 Å². The molecule has 0 saturated heterocycles. The third-order valence-corrected chi connectivity index (χ3v) is 6.07. The summed E-state index contributed by atoms with van der Waals surface area (Å²) in [7, 11) is 0. The van der Waals surface area contributed by atoms with Gasteiger partial charge in [-0.25, -0.2) is 0 Å². The molecule has 2 N–H and O–H groups in total. The van der Waals surface area contributed by atoms with Gasteiger partial charge in [-0.15, -0.1) is 0 Å². The van der Waals surface area contributed by atoms with Gasteiger partial charge in [-0.05, 0) is 46.2 Å². The van der Waals surface area contributed by atoms with E-state index in [1.54, 1.807) is 0 Å². The lowest BCUT2D eigenvalue weighted by Gasteiger charge is -2.37. The number of benzene rings is 3. The van der Waals surface area contributed by atoms with E-state index >= 15 is 0 Å². The van der Waals surface area contributed by atoms with E-state index in [0.717, 1.165) is 12.1 Å². The summed E-state index contributed by atoms with van der Waals surface area (Å²) in [5.41, 5.74) is 15.1. The number of hydrogen-bond donors (Lipinski definition) is 1. The van der Waals surface area contributed by atoms with Gasteiger partial charge in [0.15, 0.2) is 0 Å². The predicted molar refractivity (Wildman–Crippen MR) is 113 cm³/mol. The molecule has 0 fully saturated rings. The minimum Gasteiger partial charge on any atom is -0.398 e. The molecule has 3 aromatic carbocycles. The van der Waals surface area contributed by atoms with E-state index < -0.39 is 0 Å². The van der Waals surface area contributed by atoms with E-state index in [-0.39, 0.29) is 5.41 Å². The van der Waals surface area contributed by atoms with Crippen LogP contribution in [0.15, 0.2) is 96.6 Å². The maximum Gasteiger partial charge on any atom is 0.0696 e. The van der Waals surface area contributed by atoms with Crippen molar-refractivity contribution in [3.63, 3.8) is 0 Å². The molecular weight excluding hydrogens is 326 g/mol. The molecule has 2 aliphatic rings. The predicted octanol–water partition coefficient (Wildman–Crippen LogP) is 5.97. The normalized spacial score (nSPS) is 19.7. The van der Waals surface area contributed by atoms with Gasteiger partial charge < -0.3 is 5.73 Å². The number of allylic oxidation sites excluding steroid dienone is 4. The minimum atomic E-state index is -0.322. The van der Waals surface area contributed by atoms with Crippen LogP contribution in [0.5, 0.6) is 0 Å². The Morgan fingerprint density at radius 2 is 1.44 bits per heavy atom. The van der Waals surface area contributed by atoms with Crippen molar-refractivity contribution in [1.82, 2.24) is 0 Å². The first-order valence-electron chi connectivity index (χ1n) is 9.65. The zero-order valence-corrected chi connectivity index (χ0v) is 15.5. The Balaban J connectivity index is 1.96. The Labute approximate surface area is 160 Å². The Bertz CT molecular complexity index is 1020. The molecule has 1 heteroatoms. The average Bonchev–Trinajstić information content (AvgIpc) is 3.01. The quantitative estimate of drug-likeness (QED) is 0.567. The molecule has 1 atom stereocenters. The SMILES string of the molecule is CC1C=CC2=C(C1)C(c1ccccc1)(c1ccccc1)c1c(N)cccc12. The Kier molecular flexibility index (Phi) is 3.58. The summed E-state index contributed by atoms with van der Waals surface area (Å²) in [6.07, 6.45) is 5.69. The highest BCUT2D eigenvalue weighted by atomic mass is 14.6. The molecule has 0 saturated carbocycles. The Hall–Kier alpha value is -3.06. The zero-order valence-electron chi connectivity index (χ0n) is 15.5. The second-order valence-corrected chi connectivity index (χ2v) is 7.68. The monoisotopic (exact) mass is 349 g/mol. The van der Waals surface area contributed by atoms with E-state index in [1.807, 2.05) is 6.07 Å². The van der Waals surface area contributed by atoms with Crippen LogP contribution >= 0.6 is 0 Å². The van der Waals surface area contributed by atoms with Gasteiger partial charge in [0.05, 0.1) is 5.41 Å². The van der Waals surface area contributed by atoms with Gasteiger partial charge in [-0.1, -0.05) is 91.9 Å². The van der Waals surface area contributed by atoms with Crippen LogP contribution in [0.25, 0.3) is 5.57 Å². The molecule has 0 spiro atoms. The van der Waals surface area contributed by atoms with Crippen molar-refractivity contribution >= 4 is 11.3 Å². The van der Waals surface area contributed by atoms with E-state index in [4.69, 9.17) is 5.73 Å². The number of anilines is 1. The van der Waals surface area contributed by atoms with E-state index in [2.05, 4.69) is 91.9 Å². The van der Waals surface area contributed by atoms with Crippen molar-refractivity contribution in [1.29, 1.82) is 0 Å². The smallest absolute Gasteiger partial charge is 0.0696 e. The molecule has 0 bridgehead atoms. The molecule has 0 heterocycles. The topological polar surface area (TPSA) is 26.0 Å². The number of nitrogen functional groups attached to an aromatic ring is 1. The largest absolute Gasteiger partial charge is 0.398 e. The summed E-state index contributed by atoms with van der Waals surface area (Å²) in [6, 6.07) is 28.1. The van der Waals surface area contributed by atoms with Gasteiger partial charge >= 0.3 is 0 Å². The molecule has 5 rings (SSSR count). The third kappa shape index (κ3) is 2.18. The fourth-order valence-corrected chi connectivity index (χ4v) is 5.01. The first kappa shape index (κ1) is 16.1. The van der Waals surface area contributed by atoms with Crippen LogP contribution in [0.2, 0.25) is 0 Å². The molecule has 1 nitrogen and oxygen atoms in total. The number of nitrogens with two attached hydrogens (primary N) is 1. The van der Waals surface area contributed by atoms with Crippen molar-refractivity contribution in [2.24, 2.45) is 5.92 Å². The number of fused-ring (bicyclic) bond motifs is 2. The number of hydrogen-bond acceptors (Lipinski definition) is 1. The van der Waals surface area contributed by atoms with Gasteiger partial charge in [0, 0.05) is 11.3 Å². The molecule has 2 aliphatic carbocycles. The van der Waals surface area contributed by atoms with Gasteiger partial charge in [0.1, 0.15) is 0 Å². The van der Waals surface area contributed by atoms with Crippen LogP contribution in [-0.2, 0) is 5.41 Å². The summed E-state index contributed by atoms with van der Waals surface area (Å²) < 4.78 is 0. The summed E-state index contributed by atoms with van der Waals surface area (Å²) in [5, 5.41) is 0. The highest BCUT2D eigenvalue weighted by molar-refractivity contribution is 5.93. The van der Waals surface area contributed by atoms with E-state index in [0.29, 0.717) is 5.92 Å². The molecule has 0 aliphatic heterocycles. The van der Waals surface area contributed by atoms with Gasteiger partial charge in [-0.2, -0.15) is 0 Å². The molecule has 1 unspecified atom stereocenters. The highest BCUT2D eigenvalue weighted by Gasteiger charge is 2.48. The van der Waals surface area contributed by atoms with Gasteiger partial charge in [0.25, 0.3) is 0 Å². The number of rotatable bonds is 2. The molecule has 0 amide bonds. The molecular formula is C26H23N. The maximum atomic E-state index is 6.66. The van der Waals surface area contributed by atoms with Crippen molar-refractivity contribution in [2.45, 2.75) is 18.8 Å². The maximum absolute atomic E-state index is 6.66.